The Hall–Kier alpha value is -1.73. The predicted molar refractivity (Wildman–Crippen MR) is 235 cm³/mol. The third-order valence-corrected chi connectivity index (χ3v) is 10.6. The molecular weight excluding hydrogens is 723 g/mol. The summed E-state index contributed by atoms with van der Waals surface area (Å²) in [5.74, 6) is -0.936. The van der Waals surface area contributed by atoms with Crippen LogP contribution in [0.25, 0.3) is 0 Å². The van der Waals surface area contributed by atoms with E-state index < -0.39 is 32.5 Å². The van der Waals surface area contributed by atoms with Crippen LogP contribution < -0.4 is 0 Å². The van der Waals surface area contributed by atoms with Crippen molar-refractivity contribution < 1.29 is 37.9 Å². The highest BCUT2D eigenvalue weighted by atomic mass is 31.2. The first-order valence-electron chi connectivity index (χ1n) is 23.3. The number of ether oxygens (including phenoxy) is 2. The second-order valence-corrected chi connectivity index (χ2v) is 17.0. The van der Waals surface area contributed by atoms with Gasteiger partial charge in [-0.1, -0.05) is 211 Å². The minimum atomic E-state index is -4.77. The van der Waals surface area contributed by atoms with Gasteiger partial charge < -0.3 is 19.3 Å². The number of phosphoric acid groups is 1. The van der Waals surface area contributed by atoms with Gasteiger partial charge in [-0.05, 0) is 44.9 Å². The third-order valence-electron chi connectivity index (χ3n) is 10.2. The molecule has 9 heteroatoms. The minimum absolute atomic E-state index is 0.197. The molecule has 0 aliphatic rings. The molecule has 0 aliphatic carbocycles. The highest BCUT2D eigenvalue weighted by molar-refractivity contribution is 7.46. The molecule has 0 spiro atoms. The molecule has 0 aliphatic heterocycles. The van der Waals surface area contributed by atoms with Gasteiger partial charge in [-0.2, -0.15) is 0 Å². The van der Waals surface area contributed by atoms with E-state index in [4.69, 9.17) is 19.3 Å². The van der Waals surface area contributed by atoms with Crippen LogP contribution in [0.1, 0.15) is 232 Å². The molecule has 0 saturated heterocycles. The number of carbonyl (C=O) groups excluding carboxylic acids is 2. The number of rotatable bonds is 43. The molecular formula is C47H87O8P. The van der Waals surface area contributed by atoms with Gasteiger partial charge in [0, 0.05) is 12.8 Å². The van der Waals surface area contributed by atoms with E-state index in [2.05, 4.69) is 48.8 Å². The van der Waals surface area contributed by atoms with Gasteiger partial charge in [0.15, 0.2) is 6.10 Å². The fraction of sp³-hybridized carbons (Fsp3) is 0.830. The predicted octanol–water partition coefficient (Wildman–Crippen LogP) is 14.5. The lowest BCUT2D eigenvalue weighted by Crippen LogP contribution is -2.29. The lowest BCUT2D eigenvalue weighted by molar-refractivity contribution is -0.161. The molecule has 0 aromatic carbocycles. The lowest BCUT2D eigenvalue weighted by atomic mass is 10.0. The molecule has 1 atom stereocenters. The van der Waals surface area contributed by atoms with Crippen molar-refractivity contribution in [2.24, 2.45) is 0 Å². The van der Waals surface area contributed by atoms with Crippen molar-refractivity contribution in [1.29, 1.82) is 0 Å². The number of allylic oxidation sites excluding steroid dienone is 6. The Labute approximate surface area is 344 Å². The summed E-state index contributed by atoms with van der Waals surface area (Å²) < 4.78 is 26.4. The summed E-state index contributed by atoms with van der Waals surface area (Å²) in [5.41, 5.74) is 0. The zero-order chi connectivity index (χ0) is 41.1. The first-order chi connectivity index (χ1) is 27.3. The van der Waals surface area contributed by atoms with Crippen molar-refractivity contribution >= 4 is 19.8 Å². The molecule has 0 fully saturated rings. The number of esters is 2. The number of hydrogen-bond acceptors (Lipinski definition) is 6. The Morgan fingerprint density at radius 2 is 0.821 bits per heavy atom. The molecule has 0 bridgehead atoms. The second kappa shape index (κ2) is 42.9. The van der Waals surface area contributed by atoms with Crippen LogP contribution in [-0.4, -0.2) is 41.0 Å². The van der Waals surface area contributed by atoms with Gasteiger partial charge in [0.05, 0.1) is 6.61 Å². The minimum Gasteiger partial charge on any atom is -0.462 e. The highest BCUT2D eigenvalue weighted by Gasteiger charge is 2.22. The van der Waals surface area contributed by atoms with Crippen molar-refractivity contribution in [2.75, 3.05) is 13.2 Å². The molecule has 0 saturated carbocycles. The molecule has 0 aromatic rings. The maximum atomic E-state index is 12.4. The highest BCUT2D eigenvalue weighted by Crippen LogP contribution is 2.36. The van der Waals surface area contributed by atoms with E-state index in [0.29, 0.717) is 12.8 Å². The second-order valence-electron chi connectivity index (χ2n) is 15.7. The van der Waals surface area contributed by atoms with E-state index in [1.165, 1.54) is 148 Å². The summed E-state index contributed by atoms with van der Waals surface area (Å²) in [6.45, 7) is 3.67. The zero-order valence-corrected chi connectivity index (χ0v) is 37.2. The van der Waals surface area contributed by atoms with Gasteiger partial charge in [0.25, 0.3) is 0 Å². The Morgan fingerprint density at radius 3 is 1.25 bits per heavy atom. The lowest BCUT2D eigenvalue weighted by Gasteiger charge is -2.18. The van der Waals surface area contributed by atoms with E-state index in [0.717, 1.165) is 44.9 Å². The van der Waals surface area contributed by atoms with Crippen molar-refractivity contribution in [3.05, 3.63) is 36.5 Å². The summed E-state index contributed by atoms with van der Waals surface area (Å²) in [5, 5.41) is 0. The number of phosphoric ester groups is 1. The van der Waals surface area contributed by atoms with E-state index in [1.54, 1.807) is 0 Å². The SMILES string of the molecule is CCCCCCCC/C=C/C/C=C/C/C=C/CCCC(=O)OC[C@H](COP(=O)(O)O)OC(=O)CCCCCCCCCCCCCCCCCCCCCCC. The monoisotopic (exact) mass is 811 g/mol. The van der Waals surface area contributed by atoms with E-state index in [9.17, 15) is 14.2 Å². The smallest absolute Gasteiger partial charge is 0.462 e. The van der Waals surface area contributed by atoms with Crippen LogP contribution in [0.5, 0.6) is 0 Å². The van der Waals surface area contributed by atoms with Crippen LogP contribution >= 0.6 is 7.82 Å². The molecule has 0 rings (SSSR count). The Balaban J connectivity index is 3.90. The molecule has 328 valence electrons. The van der Waals surface area contributed by atoms with E-state index in [1.807, 2.05) is 6.08 Å². The summed E-state index contributed by atoms with van der Waals surface area (Å²) in [4.78, 5) is 42.9. The molecule has 0 heterocycles. The first kappa shape index (κ1) is 54.3. The van der Waals surface area contributed by atoms with Crippen LogP contribution in [0.4, 0.5) is 0 Å². The topological polar surface area (TPSA) is 119 Å². The maximum absolute atomic E-state index is 12.4. The molecule has 56 heavy (non-hydrogen) atoms. The largest absolute Gasteiger partial charge is 0.469 e. The molecule has 2 N–H and O–H groups in total. The van der Waals surface area contributed by atoms with Crippen molar-refractivity contribution in [3.8, 4) is 0 Å². The van der Waals surface area contributed by atoms with Gasteiger partial charge >= 0.3 is 19.8 Å². The quantitative estimate of drug-likeness (QED) is 0.0270. The van der Waals surface area contributed by atoms with Crippen LogP contribution in [-0.2, 0) is 28.2 Å². The fourth-order valence-corrected chi connectivity index (χ4v) is 7.05. The van der Waals surface area contributed by atoms with E-state index >= 15 is 0 Å². The average molecular weight is 811 g/mol. The molecule has 0 aromatic heterocycles. The number of hydrogen-bond donors (Lipinski definition) is 2. The van der Waals surface area contributed by atoms with E-state index in [-0.39, 0.29) is 19.4 Å². The third kappa shape index (κ3) is 45.0. The zero-order valence-electron chi connectivity index (χ0n) is 36.3. The van der Waals surface area contributed by atoms with Crippen molar-refractivity contribution in [2.45, 2.75) is 238 Å². The van der Waals surface area contributed by atoms with Crippen LogP contribution in [0.2, 0.25) is 0 Å². The number of unbranched alkanes of at least 4 members (excludes halogenated alkanes) is 27. The Morgan fingerprint density at radius 1 is 0.464 bits per heavy atom. The number of carbonyl (C=O) groups is 2. The summed E-state index contributed by atoms with van der Waals surface area (Å²) in [6.07, 6.45) is 51.7. The Bertz CT molecular complexity index is 1000. The van der Waals surface area contributed by atoms with Crippen LogP contribution in [0.3, 0.4) is 0 Å². The Kier molecular flexibility index (Phi) is 41.5. The van der Waals surface area contributed by atoms with Gasteiger partial charge in [-0.3, -0.25) is 14.1 Å². The first-order valence-corrected chi connectivity index (χ1v) is 24.8. The molecule has 0 unspecified atom stereocenters. The molecule has 0 amide bonds. The van der Waals surface area contributed by atoms with Gasteiger partial charge in [0.1, 0.15) is 6.61 Å². The molecule has 0 radical (unpaired) electrons. The molecule has 8 nitrogen and oxygen atoms in total. The summed E-state index contributed by atoms with van der Waals surface area (Å²) >= 11 is 0. The average Bonchev–Trinajstić information content (AvgIpc) is 3.17. The summed E-state index contributed by atoms with van der Waals surface area (Å²) in [7, 11) is -4.77. The normalized spacial score (nSPS) is 12.7. The van der Waals surface area contributed by atoms with Gasteiger partial charge in [-0.25, -0.2) is 4.57 Å². The van der Waals surface area contributed by atoms with Crippen LogP contribution in [0, 0.1) is 0 Å². The standard InChI is InChI=1S/C47H87O8P/c1-3-5-7-9-11-13-15-17-19-21-22-23-24-26-28-30-32-34-36-38-40-42-47(49)55-45(44-54-56(50,51)52)43-53-46(48)41-39-37-35-33-31-29-27-25-20-18-16-14-12-10-8-6-4-2/h18,20,27,29,33,35,45H,3-17,19,21-26,28,30-32,34,36-44H2,1-2H3,(H2,50,51,52)/b20-18+,29-27+,35-33+/t45-/m1/s1. The van der Waals surface area contributed by atoms with Crippen molar-refractivity contribution in [3.63, 3.8) is 0 Å². The van der Waals surface area contributed by atoms with Gasteiger partial charge in [0.2, 0.25) is 0 Å². The summed E-state index contributed by atoms with van der Waals surface area (Å²) in [6, 6.07) is 0. The van der Waals surface area contributed by atoms with Crippen LogP contribution in [0.15, 0.2) is 36.5 Å². The fourth-order valence-electron chi connectivity index (χ4n) is 6.69. The maximum Gasteiger partial charge on any atom is 0.469 e. The van der Waals surface area contributed by atoms with Crippen molar-refractivity contribution in [1.82, 2.24) is 0 Å². The van der Waals surface area contributed by atoms with Gasteiger partial charge in [-0.15, -0.1) is 0 Å².